The van der Waals surface area contributed by atoms with Crippen molar-refractivity contribution >= 4 is 17.3 Å². The lowest BCUT2D eigenvalue weighted by Gasteiger charge is -2.14. The molecule has 6 nitrogen and oxygen atoms in total. The first-order chi connectivity index (χ1) is 9.52. The van der Waals surface area contributed by atoms with Crippen molar-refractivity contribution in [2.45, 2.75) is 31.7 Å². The molecule has 0 amide bonds. The van der Waals surface area contributed by atoms with Gasteiger partial charge in [-0.1, -0.05) is 12.8 Å². The number of halogens is 1. The van der Waals surface area contributed by atoms with Gasteiger partial charge in [0, 0.05) is 6.04 Å². The molecule has 0 aromatic heterocycles. The van der Waals surface area contributed by atoms with Crippen LogP contribution in [0, 0.1) is 15.9 Å². The summed E-state index contributed by atoms with van der Waals surface area (Å²) in [6.45, 7) is 0. The third-order valence-corrected chi connectivity index (χ3v) is 3.40. The summed E-state index contributed by atoms with van der Waals surface area (Å²) in [4.78, 5) is 21.8. The van der Waals surface area contributed by atoms with E-state index >= 15 is 0 Å². The Morgan fingerprint density at radius 3 is 2.65 bits per heavy atom. The van der Waals surface area contributed by atoms with Crippen LogP contribution in [0.2, 0.25) is 0 Å². The second kappa shape index (κ2) is 5.85. The quantitative estimate of drug-likeness (QED) is 0.521. The number of benzene rings is 1. The number of esters is 1. The normalized spacial score (nSPS) is 15.1. The van der Waals surface area contributed by atoms with Gasteiger partial charge < -0.3 is 10.1 Å². The Morgan fingerprint density at radius 2 is 2.10 bits per heavy atom. The molecule has 7 heteroatoms. The van der Waals surface area contributed by atoms with Crippen molar-refractivity contribution < 1.29 is 18.8 Å². The first-order valence-electron chi connectivity index (χ1n) is 6.35. The highest BCUT2D eigenvalue weighted by Crippen LogP contribution is 2.31. The van der Waals surface area contributed by atoms with Crippen molar-refractivity contribution in [2.24, 2.45) is 0 Å². The third-order valence-electron chi connectivity index (χ3n) is 3.40. The molecule has 1 aromatic carbocycles. The maximum atomic E-state index is 13.7. The topological polar surface area (TPSA) is 81.5 Å². The average Bonchev–Trinajstić information content (AvgIpc) is 2.92. The molecule has 20 heavy (non-hydrogen) atoms. The predicted molar refractivity (Wildman–Crippen MR) is 70.3 cm³/mol. The van der Waals surface area contributed by atoms with Gasteiger partial charge in [0.2, 0.25) is 0 Å². The molecular weight excluding hydrogens is 267 g/mol. The van der Waals surface area contributed by atoms with Crippen LogP contribution in [0.1, 0.15) is 36.0 Å². The van der Waals surface area contributed by atoms with Gasteiger partial charge in [-0.25, -0.2) is 9.18 Å². The fraction of sp³-hybridized carbons (Fsp3) is 0.462. The molecule has 1 saturated carbocycles. The summed E-state index contributed by atoms with van der Waals surface area (Å²) in [5.41, 5.74) is -0.524. The first kappa shape index (κ1) is 14.2. The maximum absolute atomic E-state index is 13.7. The number of methoxy groups -OCH3 is 1. The highest BCUT2D eigenvalue weighted by Gasteiger charge is 2.25. The van der Waals surface area contributed by atoms with Gasteiger partial charge in [0.15, 0.2) is 0 Å². The zero-order valence-electron chi connectivity index (χ0n) is 11.0. The number of hydrogen-bond acceptors (Lipinski definition) is 5. The molecule has 1 aromatic rings. The van der Waals surface area contributed by atoms with E-state index in [-0.39, 0.29) is 23.0 Å². The first-order valence-corrected chi connectivity index (χ1v) is 6.35. The number of hydrogen-bond donors (Lipinski definition) is 1. The molecule has 1 N–H and O–H groups in total. The molecule has 0 unspecified atom stereocenters. The summed E-state index contributed by atoms with van der Waals surface area (Å²) in [5, 5.41) is 14.0. The van der Waals surface area contributed by atoms with Gasteiger partial charge in [0.1, 0.15) is 11.5 Å². The Kier molecular flexibility index (Phi) is 4.16. The zero-order valence-corrected chi connectivity index (χ0v) is 11.0. The van der Waals surface area contributed by atoms with Gasteiger partial charge in [-0.05, 0) is 18.9 Å². The lowest BCUT2D eigenvalue weighted by molar-refractivity contribution is -0.384. The maximum Gasteiger partial charge on any atom is 0.340 e. The summed E-state index contributed by atoms with van der Waals surface area (Å²) in [5.74, 6) is -1.81. The Balaban J connectivity index is 2.39. The molecule has 2 rings (SSSR count). The van der Waals surface area contributed by atoms with Gasteiger partial charge in [-0.3, -0.25) is 10.1 Å². The highest BCUT2D eigenvalue weighted by atomic mass is 19.1. The van der Waals surface area contributed by atoms with Crippen LogP contribution in [-0.4, -0.2) is 24.0 Å². The number of carbonyl (C=O) groups excluding carboxylic acids is 1. The van der Waals surface area contributed by atoms with Crippen molar-refractivity contribution in [2.75, 3.05) is 12.4 Å². The average molecular weight is 282 g/mol. The summed E-state index contributed by atoms with van der Waals surface area (Å²) < 4.78 is 18.2. The predicted octanol–water partition coefficient (Wildman–Crippen LogP) is 2.88. The molecular formula is C13H15FN2O4. The number of nitrogens with one attached hydrogen (secondary N) is 1. The Morgan fingerprint density at radius 1 is 1.45 bits per heavy atom. The molecule has 1 fully saturated rings. The van der Waals surface area contributed by atoms with Crippen molar-refractivity contribution in [1.82, 2.24) is 0 Å². The SMILES string of the molecule is COC(=O)c1cc(NC2CCCC2)c([N+](=O)[O-])cc1F. The molecule has 0 aliphatic heterocycles. The Labute approximate surface area is 115 Å². The molecule has 0 heterocycles. The fourth-order valence-corrected chi connectivity index (χ4v) is 2.39. The zero-order chi connectivity index (χ0) is 14.7. The minimum atomic E-state index is -0.958. The van der Waals surface area contributed by atoms with Gasteiger partial charge in [0.05, 0.1) is 23.7 Å². The third kappa shape index (κ3) is 2.87. The van der Waals surface area contributed by atoms with Crippen LogP contribution < -0.4 is 5.32 Å². The smallest absolute Gasteiger partial charge is 0.340 e. The largest absolute Gasteiger partial charge is 0.465 e. The Bertz CT molecular complexity index is 541. The highest BCUT2D eigenvalue weighted by molar-refractivity contribution is 5.92. The standard InChI is InChI=1S/C13H15FN2O4/c1-20-13(17)9-6-11(15-8-4-2-3-5-8)12(16(18)19)7-10(9)14/h6-8,15H,2-5H2,1H3. The summed E-state index contributed by atoms with van der Waals surface area (Å²) in [6, 6.07) is 2.02. The molecule has 0 atom stereocenters. The van der Waals surface area contributed by atoms with E-state index in [0.717, 1.165) is 44.9 Å². The minimum absolute atomic E-state index is 0.115. The van der Waals surface area contributed by atoms with Gasteiger partial charge in [0.25, 0.3) is 5.69 Å². The van der Waals surface area contributed by atoms with E-state index in [4.69, 9.17) is 0 Å². The number of anilines is 1. The molecule has 1 aliphatic rings. The lowest BCUT2D eigenvalue weighted by atomic mass is 10.1. The van der Waals surface area contributed by atoms with Crippen LogP contribution in [0.4, 0.5) is 15.8 Å². The van der Waals surface area contributed by atoms with Crippen LogP contribution >= 0.6 is 0 Å². The van der Waals surface area contributed by atoms with Gasteiger partial charge in [-0.15, -0.1) is 0 Å². The van der Waals surface area contributed by atoms with E-state index in [1.807, 2.05) is 0 Å². The molecule has 0 bridgehead atoms. The van der Waals surface area contributed by atoms with Crippen molar-refractivity contribution in [3.63, 3.8) is 0 Å². The Hall–Kier alpha value is -2.18. The van der Waals surface area contributed by atoms with E-state index in [1.54, 1.807) is 0 Å². The van der Waals surface area contributed by atoms with Crippen molar-refractivity contribution in [3.8, 4) is 0 Å². The molecule has 0 saturated heterocycles. The van der Waals surface area contributed by atoms with Crippen LogP contribution in [-0.2, 0) is 4.74 Å². The molecule has 0 radical (unpaired) electrons. The van der Waals surface area contributed by atoms with E-state index in [9.17, 15) is 19.3 Å². The second-order valence-corrected chi connectivity index (χ2v) is 4.72. The van der Waals surface area contributed by atoms with E-state index < -0.39 is 16.7 Å². The van der Waals surface area contributed by atoms with E-state index in [0.29, 0.717) is 0 Å². The molecule has 0 spiro atoms. The van der Waals surface area contributed by atoms with Gasteiger partial charge >= 0.3 is 5.97 Å². The summed E-state index contributed by atoms with van der Waals surface area (Å²) in [6.07, 6.45) is 3.91. The number of nitro groups is 1. The van der Waals surface area contributed by atoms with Crippen molar-refractivity contribution in [3.05, 3.63) is 33.6 Å². The fourth-order valence-electron chi connectivity index (χ4n) is 2.39. The number of rotatable bonds is 4. The summed E-state index contributed by atoms with van der Waals surface area (Å²) in [7, 11) is 1.13. The molecule has 108 valence electrons. The van der Waals surface area contributed by atoms with Crippen LogP contribution in [0.15, 0.2) is 12.1 Å². The number of nitrogens with zero attached hydrogens (tertiary/aromatic N) is 1. The van der Waals surface area contributed by atoms with E-state index in [2.05, 4.69) is 10.1 Å². The van der Waals surface area contributed by atoms with Crippen LogP contribution in [0.5, 0.6) is 0 Å². The lowest BCUT2D eigenvalue weighted by Crippen LogP contribution is -2.17. The van der Waals surface area contributed by atoms with Crippen LogP contribution in [0.3, 0.4) is 0 Å². The van der Waals surface area contributed by atoms with E-state index in [1.165, 1.54) is 0 Å². The minimum Gasteiger partial charge on any atom is -0.465 e. The number of nitro benzene ring substituents is 1. The van der Waals surface area contributed by atoms with Crippen molar-refractivity contribution in [1.29, 1.82) is 0 Å². The number of ether oxygens (including phenoxy) is 1. The monoisotopic (exact) mass is 282 g/mol. The van der Waals surface area contributed by atoms with Crippen LogP contribution in [0.25, 0.3) is 0 Å². The summed E-state index contributed by atoms with van der Waals surface area (Å²) >= 11 is 0. The number of carbonyl (C=O) groups is 1. The second-order valence-electron chi connectivity index (χ2n) is 4.72. The van der Waals surface area contributed by atoms with Gasteiger partial charge in [-0.2, -0.15) is 0 Å². The molecule has 1 aliphatic carbocycles.